The highest BCUT2D eigenvalue weighted by atomic mass is 15.3. The van der Waals surface area contributed by atoms with Crippen molar-refractivity contribution < 1.29 is 0 Å². The van der Waals surface area contributed by atoms with E-state index in [1.807, 2.05) is 0 Å². The van der Waals surface area contributed by atoms with Crippen LogP contribution in [0.5, 0.6) is 0 Å². The van der Waals surface area contributed by atoms with Crippen molar-refractivity contribution in [1.82, 2.24) is 20.0 Å². The Bertz CT molecular complexity index is 258. The van der Waals surface area contributed by atoms with Gasteiger partial charge in [0.1, 0.15) is 0 Å². The van der Waals surface area contributed by atoms with E-state index in [0.29, 0.717) is 18.1 Å². The topological polar surface area (TPSA) is 21.8 Å². The number of rotatable bonds is 3. The summed E-state index contributed by atoms with van der Waals surface area (Å²) in [4.78, 5) is 7.69. The van der Waals surface area contributed by atoms with Crippen LogP contribution in [-0.4, -0.2) is 86.2 Å². The molecular weight excluding hydrogens is 224 g/mol. The molecule has 0 amide bonds. The number of hydrogen-bond donors (Lipinski definition) is 1. The smallest absolute Gasteiger partial charge is 0.0347 e. The minimum atomic E-state index is 0.674. The lowest BCUT2D eigenvalue weighted by molar-refractivity contribution is 0.0532. The largest absolute Gasteiger partial charge is 0.311 e. The Labute approximate surface area is 112 Å². The van der Waals surface area contributed by atoms with Crippen molar-refractivity contribution in [2.45, 2.75) is 38.4 Å². The van der Waals surface area contributed by atoms with E-state index < -0.39 is 0 Å². The summed E-state index contributed by atoms with van der Waals surface area (Å²) in [6.07, 6.45) is 1.24. The Kier molecular flexibility index (Phi) is 5.01. The first-order valence-corrected chi connectivity index (χ1v) is 7.46. The SMILES string of the molecule is CCC1CN(CC2CN(C)CCN2C)C(C)CN1. The molecule has 2 aliphatic rings. The molecule has 1 N–H and O–H groups in total. The van der Waals surface area contributed by atoms with E-state index in [1.54, 1.807) is 0 Å². The maximum absolute atomic E-state index is 3.64. The molecule has 4 nitrogen and oxygen atoms in total. The lowest BCUT2D eigenvalue weighted by Crippen LogP contribution is -2.60. The first-order valence-electron chi connectivity index (χ1n) is 7.46. The standard InChI is InChI=1S/C14H30N4/c1-5-13-9-18(12(2)8-15-13)11-14-10-16(3)6-7-17(14)4/h12-15H,5-11H2,1-4H3. The van der Waals surface area contributed by atoms with E-state index >= 15 is 0 Å². The summed E-state index contributed by atoms with van der Waals surface area (Å²) in [7, 11) is 4.53. The summed E-state index contributed by atoms with van der Waals surface area (Å²) >= 11 is 0. The van der Waals surface area contributed by atoms with Crippen LogP contribution in [0, 0.1) is 0 Å². The van der Waals surface area contributed by atoms with Crippen molar-refractivity contribution in [3.63, 3.8) is 0 Å². The average Bonchev–Trinajstić information content (AvgIpc) is 2.36. The van der Waals surface area contributed by atoms with E-state index in [0.717, 1.165) is 6.54 Å². The molecule has 0 aromatic rings. The average molecular weight is 254 g/mol. The maximum atomic E-state index is 3.64. The van der Waals surface area contributed by atoms with Gasteiger partial charge in [-0.25, -0.2) is 0 Å². The van der Waals surface area contributed by atoms with Crippen LogP contribution in [0.25, 0.3) is 0 Å². The van der Waals surface area contributed by atoms with Crippen LogP contribution in [0.4, 0.5) is 0 Å². The van der Waals surface area contributed by atoms with Gasteiger partial charge in [-0.15, -0.1) is 0 Å². The van der Waals surface area contributed by atoms with Crippen LogP contribution >= 0.6 is 0 Å². The van der Waals surface area contributed by atoms with Gasteiger partial charge in [0.15, 0.2) is 0 Å². The molecule has 0 bridgehead atoms. The van der Waals surface area contributed by atoms with Gasteiger partial charge in [0.05, 0.1) is 0 Å². The van der Waals surface area contributed by atoms with Gasteiger partial charge in [-0.2, -0.15) is 0 Å². The zero-order valence-electron chi connectivity index (χ0n) is 12.5. The molecule has 2 fully saturated rings. The van der Waals surface area contributed by atoms with E-state index in [4.69, 9.17) is 0 Å². The summed E-state index contributed by atoms with van der Waals surface area (Å²) in [5.74, 6) is 0. The first-order chi connectivity index (χ1) is 8.60. The van der Waals surface area contributed by atoms with E-state index in [2.05, 4.69) is 48.0 Å². The highest BCUT2D eigenvalue weighted by Gasteiger charge is 2.29. The zero-order chi connectivity index (χ0) is 13.1. The van der Waals surface area contributed by atoms with Gasteiger partial charge in [-0.05, 0) is 27.4 Å². The lowest BCUT2D eigenvalue weighted by atomic mass is 10.1. The van der Waals surface area contributed by atoms with Crippen molar-refractivity contribution in [2.24, 2.45) is 0 Å². The zero-order valence-corrected chi connectivity index (χ0v) is 12.5. The Hall–Kier alpha value is -0.160. The molecule has 106 valence electrons. The fourth-order valence-electron chi connectivity index (χ4n) is 3.09. The molecule has 2 rings (SSSR count). The van der Waals surface area contributed by atoms with Crippen molar-refractivity contribution in [3.05, 3.63) is 0 Å². The number of nitrogens with one attached hydrogen (secondary N) is 1. The van der Waals surface area contributed by atoms with Crippen LogP contribution < -0.4 is 5.32 Å². The Morgan fingerprint density at radius 3 is 2.67 bits per heavy atom. The minimum absolute atomic E-state index is 0.674. The second kappa shape index (κ2) is 6.33. The van der Waals surface area contributed by atoms with Gasteiger partial charge in [-0.1, -0.05) is 6.92 Å². The Morgan fingerprint density at radius 2 is 1.94 bits per heavy atom. The highest BCUT2D eigenvalue weighted by molar-refractivity contribution is 4.88. The van der Waals surface area contributed by atoms with Crippen molar-refractivity contribution >= 4 is 0 Å². The lowest BCUT2D eigenvalue weighted by Gasteiger charge is -2.44. The Morgan fingerprint density at radius 1 is 1.17 bits per heavy atom. The molecule has 0 aromatic carbocycles. The third kappa shape index (κ3) is 3.44. The van der Waals surface area contributed by atoms with E-state index in [9.17, 15) is 0 Å². The minimum Gasteiger partial charge on any atom is -0.311 e. The maximum Gasteiger partial charge on any atom is 0.0347 e. The molecule has 2 saturated heterocycles. The second-order valence-corrected chi connectivity index (χ2v) is 6.21. The van der Waals surface area contributed by atoms with Crippen LogP contribution in [0.3, 0.4) is 0 Å². The fraction of sp³-hybridized carbons (Fsp3) is 1.00. The molecule has 0 spiro atoms. The van der Waals surface area contributed by atoms with Crippen LogP contribution in [-0.2, 0) is 0 Å². The highest BCUT2D eigenvalue weighted by Crippen LogP contribution is 2.13. The number of likely N-dealkylation sites (N-methyl/N-ethyl adjacent to an activating group) is 2. The van der Waals surface area contributed by atoms with Gasteiger partial charge in [0.2, 0.25) is 0 Å². The first kappa shape index (κ1) is 14.3. The molecule has 2 aliphatic heterocycles. The van der Waals surface area contributed by atoms with Crippen molar-refractivity contribution in [3.8, 4) is 0 Å². The molecule has 0 aromatic heterocycles. The summed E-state index contributed by atoms with van der Waals surface area (Å²) in [6, 6.07) is 2.06. The van der Waals surface area contributed by atoms with Crippen LogP contribution in [0.1, 0.15) is 20.3 Å². The van der Waals surface area contributed by atoms with Gasteiger partial charge in [0, 0.05) is 57.4 Å². The van der Waals surface area contributed by atoms with Gasteiger partial charge >= 0.3 is 0 Å². The van der Waals surface area contributed by atoms with Gasteiger partial charge in [-0.3, -0.25) is 9.80 Å². The molecule has 2 heterocycles. The molecule has 3 unspecified atom stereocenters. The second-order valence-electron chi connectivity index (χ2n) is 6.21. The van der Waals surface area contributed by atoms with Crippen LogP contribution in [0.2, 0.25) is 0 Å². The Balaban J connectivity index is 1.89. The molecule has 0 radical (unpaired) electrons. The number of nitrogens with zero attached hydrogens (tertiary/aromatic N) is 3. The molecule has 0 saturated carbocycles. The quantitative estimate of drug-likeness (QED) is 0.782. The molecule has 3 atom stereocenters. The fourth-order valence-corrected chi connectivity index (χ4v) is 3.09. The summed E-state index contributed by atoms with van der Waals surface area (Å²) in [6.45, 7) is 11.8. The van der Waals surface area contributed by atoms with E-state index in [-0.39, 0.29) is 0 Å². The third-order valence-electron chi connectivity index (χ3n) is 4.70. The predicted octanol–water partition coefficient (Wildman–Crippen LogP) is 0.305. The normalized spacial score (nSPS) is 37.0. The van der Waals surface area contributed by atoms with Crippen molar-refractivity contribution in [1.29, 1.82) is 0 Å². The molecular formula is C14H30N4. The number of piperazine rings is 2. The molecule has 0 aliphatic carbocycles. The summed E-state index contributed by atoms with van der Waals surface area (Å²) in [5.41, 5.74) is 0. The third-order valence-corrected chi connectivity index (χ3v) is 4.70. The van der Waals surface area contributed by atoms with Gasteiger partial charge < -0.3 is 10.2 Å². The predicted molar refractivity (Wildman–Crippen MR) is 77.0 cm³/mol. The van der Waals surface area contributed by atoms with E-state index in [1.165, 1.54) is 39.1 Å². The van der Waals surface area contributed by atoms with Crippen LogP contribution in [0.15, 0.2) is 0 Å². The summed E-state index contributed by atoms with van der Waals surface area (Å²) < 4.78 is 0. The van der Waals surface area contributed by atoms with Gasteiger partial charge in [0.25, 0.3) is 0 Å². The number of hydrogen-bond acceptors (Lipinski definition) is 4. The summed E-state index contributed by atoms with van der Waals surface area (Å²) in [5, 5.41) is 3.64. The molecule has 4 heteroatoms. The molecule has 18 heavy (non-hydrogen) atoms. The monoisotopic (exact) mass is 254 g/mol. The van der Waals surface area contributed by atoms with Crippen molar-refractivity contribution in [2.75, 3.05) is 53.4 Å².